The first-order chi connectivity index (χ1) is 8.74. The predicted octanol–water partition coefficient (Wildman–Crippen LogP) is 2.94. The third-order valence-corrected chi connectivity index (χ3v) is 3.23. The van der Waals surface area contributed by atoms with Crippen molar-refractivity contribution in [3.63, 3.8) is 0 Å². The van der Waals surface area contributed by atoms with E-state index < -0.39 is 0 Å². The molecule has 0 unspecified atom stereocenters. The topological polar surface area (TPSA) is 41.1 Å². The zero-order valence-electron chi connectivity index (χ0n) is 10.1. The minimum atomic E-state index is -0.137. The molecule has 0 aliphatic rings. The van der Waals surface area contributed by atoms with Crippen molar-refractivity contribution in [3.05, 3.63) is 42.8 Å². The summed E-state index contributed by atoms with van der Waals surface area (Å²) < 4.78 is 3.29. The summed E-state index contributed by atoms with van der Waals surface area (Å²) in [5.41, 5.74) is 0.629. The highest BCUT2D eigenvalue weighted by Gasteiger charge is 2.05. The highest BCUT2D eigenvalue weighted by molar-refractivity contribution is 8.22. The average molecular weight is 281 g/mol. The summed E-state index contributed by atoms with van der Waals surface area (Å²) in [5, 5.41) is 3.08. The minimum Gasteiger partial charge on any atom is -0.370 e. The van der Waals surface area contributed by atoms with Crippen LogP contribution in [0.15, 0.2) is 30.3 Å². The van der Waals surface area contributed by atoms with Crippen LogP contribution in [0.4, 0.5) is 0 Å². The van der Waals surface area contributed by atoms with Crippen molar-refractivity contribution in [2.75, 3.05) is 6.54 Å². The number of rotatable bonds is 5. The SMILES string of the molecule is [CH2]CCCCNC(=S)SNC(=O)c1ccccc1. The Morgan fingerprint density at radius 1 is 1.28 bits per heavy atom. The normalized spacial score (nSPS) is 9.83. The summed E-state index contributed by atoms with van der Waals surface area (Å²) >= 11 is 6.24. The van der Waals surface area contributed by atoms with Crippen molar-refractivity contribution in [1.29, 1.82) is 0 Å². The highest BCUT2D eigenvalue weighted by atomic mass is 32.2. The van der Waals surface area contributed by atoms with Gasteiger partial charge in [-0.05, 0) is 18.6 Å². The van der Waals surface area contributed by atoms with Gasteiger partial charge in [0.25, 0.3) is 5.91 Å². The minimum absolute atomic E-state index is 0.137. The van der Waals surface area contributed by atoms with Gasteiger partial charge in [-0.3, -0.25) is 9.52 Å². The number of unbranched alkanes of at least 4 members (excludes halogenated alkanes) is 2. The first-order valence-corrected chi connectivity index (χ1v) is 7.06. The number of hydrogen-bond donors (Lipinski definition) is 2. The number of nitrogens with one attached hydrogen (secondary N) is 2. The fourth-order valence-electron chi connectivity index (χ4n) is 1.27. The van der Waals surface area contributed by atoms with Crippen LogP contribution in [0.1, 0.15) is 29.6 Å². The summed E-state index contributed by atoms with van der Waals surface area (Å²) in [6, 6.07) is 9.06. The van der Waals surface area contributed by atoms with Gasteiger partial charge in [0, 0.05) is 24.1 Å². The molecular formula is C13H17N2OS2. The van der Waals surface area contributed by atoms with Crippen molar-refractivity contribution in [2.24, 2.45) is 0 Å². The van der Waals surface area contributed by atoms with Gasteiger partial charge in [-0.2, -0.15) is 0 Å². The molecule has 0 aliphatic carbocycles. The van der Waals surface area contributed by atoms with Gasteiger partial charge < -0.3 is 5.32 Å². The van der Waals surface area contributed by atoms with Crippen LogP contribution >= 0.6 is 24.2 Å². The summed E-state index contributed by atoms with van der Waals surface area (Å²) in [6.07, 6.45) is 3.06. The second-order valence-electron chi connectivity index (χ2n) is 3.67. The summed E-state index contributed by atoms with van der Waals surface area (Å²) in [5.74, 6) is -0.137. The van der Waals surface area contributed by atoms with Gasteiger partial charge >= 0.3 is 0 Å². The van der Waals surface area contributed by atoms with Crippen LogP contribution in [0, 0.1) is 6.92 Å². The first-order valence-electron chi connectivity index (χ1n) is 5.83. The lowest BCUT2D eigenvalue weighted by atomic mass is 10.2. The van der Waals surface area contributed by atoms with Crippen LogP contribution in [0.5, 0.6) is 0 Å². The Hall–Kier alpha value is -1.07. The van der Waals surface area contributed by atoms with Crippen LogP contribution in [-0.2, 0) is 0 Å². The van der Waals surface area contributed by atoms with E-state index in [1.807, 2.05) is 18.2 Å². The fraction of sp³-hybridized carbons (Fsp3) is 0.308. The highest BCUT2D eigenvalue weighted by Crippen LogP contribution is 2.03. The molecule has 97 valence electrons. The Kier molecular flexibility index (Phi) is 7.44. The molecule has 0 saturated carbocycles. The van der Waals surface area contributed by atoms with Crippen LogP contribution in [-0.4, -0.2) is 16.8 Å². The molecule has 0 fully saturated rings. The van der Waals surface area contributed by atoms with Crippen molar-refractivity contribution >= 4 is 34.4 Å². The Balaban J connectivity index is 2.20. The van der Waals surface area contributed by atoms with Crippen molar-refractivity contribution in [3.8, 4) is 0 Å². The smallest absolute Gasteiger partial charge is 0.261 e. The van der Waals surface area contributed by atoms with Crippen molar-refractivity contribution < 1.29 is 4.79 Å². The molecule has 0 heterocycles. The monoisotopic (exact) mass is 281 g/mol. The average Bonchev–Trinajstić information content (AvgIpc) is 2.42. The zero-order chi connectivity index (χ0) is 13.2. The van der Waals surface area contributed by atoms with Crippen LogP contribution in [0.2, 0.25) is 0 Å². The quantitative estimate of drug-likeness (QED) is 0.495. The van der Waals surface area contributed by atoms with Crippen LogP contribution < -0.4 is 10.0 Å². The number of hydrogen-bond acceptors (Lipinski definition) is 3. The van der Waals surface area contributed by atoms with Crippen LogP contribution in [0.25, 0.3) is 0 Å². The zero-order valence-corrected chi connectivity index (χ0v) is 11.8. The summed E-state index contributed by atoms with van der Waals surface area (Å²) in [4.78, 5) is 11.7. The second kappa shape index (κ2) is 8.94. The standard InChI is InChI=1S/C13H17N2OS2/c1-2-3-7-10-14-13(17)18-15-12(16)11-8-5-4-6-9-11/h4-6,8-9H,1-3,7,10H2,(H,14,17)(H,15,16). The van der Waals surface area contributed by atoms with E-state index in [1.54, 1.807) is 12.1 Å². The Labute approximate surface area is 118 Å². The van der Waals surface area contributed by atoms with E-state index in [1.165, 1.54) is 0 Å². The third-order valence-electron chi connectivity index (χ3n) is 2.22. The van der Waals surface area contributed by atoms with E-state index in [-0.39, 0.29) is 5.91 Å². The van der Waals surface area contributed by atoms with Gasteiger partial charge in [0.1, 0.15) is 0 Å². The molecule has 2 N–H and O–H groups in total. The lowest BCUT2D eigenvalue weighted by Crippen LogP contribution is -2.25. The number of carbonyl (C=O) groups is 1. The van der Waals surface area contributed by atoms with Gasteiger partial charge in [0.15, 0.2) is 4.32 Å². The summed E-state index contributed by atoms with van der Waals surface area (Å²) in [6.45, 7) is 4.59. The molecule has 1 aromatic rings. The molecule has 1 radical (unpaired) electrons. The number of benzene rings is 1. The molecule has 0 atom stereocenters. The first kappa shape index (κ1) is 15.0. The van der Waals surface area contributed by atoms with Crippen molar-refractivity contribution in [1.82, 2.24) is 10.0 Å². The molecule has 1 rings (SSSR count). The van der Waals surface area contributed by atoms with E-state index in [9.17, 15) is 4.79 Å². The Morgan fingerprint density at radius 2 is 2.00 bits per heavy atom. The number of carbonyl (C=O) groups excluding carboxylic acids is 1. The van der Waals surface area contributed by atoms with E-state index in [0.29, 0.717) is 9.88 Å². The van der Waals surface area contributed by atoms with E-state index in [0.717, 1.165) is 37.8 Å². The molecule has 5 heteroatoms. The van der Waals surface area contributed by atoms with Gasteiger partial charge in [-0.25, -0.2) is 0 Å². The number of thiocarbonyl (C=S) groups is 1. The molecule has 18 heavy (non-hydrogen) atoms. The molecule has 0 aliphatic heterocycles. The maximum absolute atomic E-state index is 11.7. The van der Waals surface area contributed by atoms with E-state index >= 15 is 0 Å². The van der Waals surface area contributed by atoms with Gasteiger partial charge in [0.05, 0.1) is 0 Å². The third kappa shape index (κ3) is 6.02. The predicted molar refractivity (Wildman–Crippen MR) is 81.3 cm³/mol. The number of amides is 1. The molecule has 0 aromatic heterocycles. The molecule has 3 nitrogen and oxygen atoms in total. The Bertz CT molecular complexity index is 382. The largest absolute Gasteiger partial charge is 0.370 e. The van der Waals surface area contributed by atoms with Gasteiger partial charge in [0.2, 0.25) is 0 Å². The van der Waals surface area contributed by atoms with Crippen molar-refractivity contribution in [2.45, 2.75) is 19.3 Å². The lowest BCUT2D eigenvalue weighted by molar-refractivity contribution is 0.0984. The maximum atomic E-state index is 11.7. The maximum Gasteiger partial charge on any atom is 0.261 e. The van der Waals surface area contributed by atoms with E-state index in [4.69, 9.17) is 12.2 Å². The second-order valence-corrected chi connectivity index (χ2v) is 5.16. The molecule has 0 saturated heterocycles. The molecule has 1 amide bonds. The Morgan fingerprint density at radius 3 is 2.67 bits per heavy atom. The molecule has 0 spiro atoms. The van der Waals surface area contributed by atoms with E-state index in [2.05, 4.69) is 17.0 Å². The summed E-state index contributed by atoms with van der Waals surface area (Å²) in [7, 11) is 0. The molecule has 1 aromatic carbocycles. The van der Waals surface area contributed by atoms with Gasteiger partial charge in [-0.15, -0.1) is 0 Å². The fourth-order valence-corrected chi connectivity index (χ4v) is 1.97. The molecule has 0 bridgehead atoms. The lowest BCUT2D eigenvalue weighted by Gasteiger charge is -2.07. The molecular weight excluding hydrogens is 264 g/mol. The van der Waals surface area contributed by atoms with Gasteiger partial charge in [-0.1, -0.05) is 50.2 Å². The van der Waals surface area contributed by atoms with Crippen LogP contribution in [0.3, 0.4) is 0 Å².